The Bertz CT molecular complexity index is 1270. The number of aromatic nitrogens is 2. The van der Waals surface area contributed by atoms with Crippen LogP contribution in [-0.2, 0) is 9.59 Å². The smallest absolute Gasteiger partial charge is 0.226 e. The molecule has 4 rings (SSSR count). The molecule has 2 heterocycles. The molecular weight excluding hydrogens is 558 g/mol. The predicted molar refractivity (Wildman–Crippen MR) is 142 cm³/mol. The molecule has 0 saturated carbocycles. The lowest BCUT2D eigenvalue weighted by Gasteiger charge is -2.03. The lowest BCUT2D eigenvalue weighted by Crippen LogP contribution is -2.17. The Morgan fingerprint density at radius 3 is 1.50 bits per heavy atom. The number of rotatable bonds is 7. The molecule has 6 nitrogen and oxygen atoms in total. The molecule has 0 unspecified atom stereocenters. The van der Waals surface area contributed by atoms with Gasteiger partial charge in [0.25, 0.3) is 0 Å². The summed E-state index contributed by atoms with van der Waals surface area (Å²) >= 11 is 26.8. The molecule has 0 aliphatic carbocycles. The van der Waals surface area contributed by atoms with Crippen LogP contribution in [0.15, 0.2) is 47.2 Å². The van der Waals surface area contributed by atoms with E-state index in [1.54, 1.807) is 47.2 Å². The third-order valence-corrected chi connectivity index (χ3v) is 7.11. The molecule has 34 heavy (non-hydrogen) atoms. The van der Waals surface area contributed by atoms with Crippen LogP contribution in [0.3, 0.4) is 0 Å². The number of benzene rings is 2. The molecule has 2 aromatic carbocycles. The third kappa shape index (κ3) is 6.27. The Balaban J connectivity index is 1.29. The van der Waals surface area contributed by atoms with E-state index in [1.165, 1.54) is 22.7 Å². The summed E-state index contributed by atoms with van der Waals surface area (Å²) in [4.78, 5) is 33.3. The van der Waals surface area contributed by atoms with Crippen LogP contribution in [-0.4, -0.2) is 21.8 Å². The van der Waals surface area contributed by atoms with E-state index in [-0.39, 0.29) is 24.7 Å². The lowest BCUT2D eigenvalue weighted by atomic mass is 10.2. The minimum absolute atomic E-state index is 0.0102. The Morgan fingerprint density at radius 2 is 1.12 bits per heavy atom. The monoisotopic (exact) mass is 570 g/mol. The van der Waals surface area contributed by atoms with Crippen molar-refractivity contribution in [1.82, 2.24) is 9.97 Å². The molecule has 0 fully saturated rings. The molecule has 0 saturated heterocycles. The highest BCUT2D eigenvalue weighted by Crippen LogP contribution is 2.33. The first kappa shape index (κ1) is 24.9. The van der Waals surface area contributed by atoms with Gasteiger partial charge < -0.3 is 10.6 Å². The second-order valence-electron chi connectivity index (χ2n) is 6.92. The second kappa shape index (κ2) is 11.0. The minimum Gasteiger partial charge on any atom is -0.302 e. The van der Waals surface area contributed by atoms with E-state index in [2.05, 4.69) is 20.6 Å². The number of hydrogen-bond acceptors (Lipinski definition) is 6. The average molecular weight is 572 g/mol. The highest BCUT2D eigenvalue weighted by atomic mass is 35.5. The van der Waals surface area contributed by atoms with Gasteiger partial charge in [-0.1, -0.05) is 46.4 Å². The van der Waals surface area contributed by atoms with Gasteiger partial charge in [0.2, 0.25) is 11.8 Å². The van der Waals surface area contributed by atoms with Crippen LogP contribution >= 0.6 is 69.1 Å². The fourth-order valence-electron chi connectivity index (χ4n) is 2.89. The highest BCUT2D eigenvalue weighted by molar-refractivity contribution is 7.14. The maximum absolute atomic E-state index is 12.3. The Morgan fingerprint density at radius 1 is 0.706 bits per heavy atom. The zero-order chi connectivity index (χ0) is 24.2. The summed E-state index contributed by atoms with van der Waals surface area (Å²) < 4.78 is 0. The number of nitrogens with one attached hydrogen (secondary N) is 2. The summed E-state index contributed by atoms with van der Waals surface area (Å²) in [5.41, 5.74) is 2.68. The van der Waals surface area contributed by atoms with Crippen LogP contribution < -0.4 is 10.6 Å². The van der Waals surface area contributed by atoms with E-state index < -0.39 is 0 Å². The average Bonchev–Trinajstić information content (AvgIpc) is 3.42. The summed E-state index contributed by atoms with van der Waals surface area (Å²) in [6.07, 6.45) is -0.0205. The van der Waals surface area contributed by atoms with Gasteiger partial charge in [-0.05, 0) is 36.4 Å². The number of hydrogen-bond donors (Lipinski definition) is 2. The molecule has 0 radical (unpaired) electrons. The van der Waals surface area contributed by atoms with Crippen molar-refractivity contribution in [1.29, 1.82) is 0 Å². The summed E-state index contributed by atoms with van der Waals surface area (Å²) in [5, 5.41) is 11.8. The van der Waals surface area contributed by atoms with Crippen molar-refractivity contribution in [3.05, 3.63) is 67.2 Å². The largest absolute Gasteiger partial charge is 0.302 e. The molecule has 0 aliphatic heterocycles. The maximum Gasteiger partial charge on any atom is 0.226 e. The lowest BCUT2D eigenvalue weighted by molar-refractivity contribution is -0.121. The molecule has 174 valence electrons. The van der Waals surface area contributed by atoms with Gasteiger partial charge in [-0.2, -0.15) is 0 Å². The van der Waals surface area contributed by atoms with Crippen LogP contribution in [0.25, 0.3) is 22.5 Å². The van der Waals surface area contributed by atoms with Gasteiger partial charge in [0.15, 0.2) is 10.3 Å². The molecule has 0 atom stereocenters. The summed E-state index contributed by atoms with van der Waals surface area (Å²) in [6.45, 7) is 0. The van der Waals surface area contributed by atoms with Gasteiger partial charge in [0, 0.05) is 44.8 Å². The molecule has 2 amide bonds. The van der Waals surface area contributed by atoms with Crippen molar-refractivity contribution in [3.8, 4) is 22.5 Å². The first-order valence-corrected chi connectivity index (χ1v) is 13.0. The zero-order valence-corrected chi connectivity index (χ0v) is 21.7. The summed E-state index contributed by atoms with van der Waals surface area (Å²) in [5.74, 6) is -0.656. The van der Waals surface area contributed by atoms with Gasteiger partial charge in [-0.3, -0.25) is 9.59 Å². The number of halogens is 4. The molecule has 12 heteroatoms. The maximum atomic E-state index is 12.3. The van der Waals surface area contributed by atoms with E-state index in [0.717, 1.165) is 0 Å². The quantitative estimate of drug-likeness (QED) is 0.236. The highest BCUT2D eigenvalue weighted by Gasteiger charge is 2.14. The van der Waals surface area contributed by atoms with Gasteiger partial charge >= 0.3 is 0 Å². The Labute approximate surface area is 222 Å². The SMILES string of the molecule is O=C(CCC(=O)Nc1nc(-c2ccc(Cl)cc2Cl)cs1)Nc1nc(-c2ccc(Cl)cc2Cl)cs1. The number of carbonyl (C=O) groups is 2. The van der Waals surface area contributed by atoms with Gasteiger partial charge in [0.05, 0.1) is 21.4 Å². The van der Waals surface area contributed by atoms with E-state index in [0.29, 0.717) is 52.9 Å². The second-order valence-corrected chi connectivity index (χ2v) is 10.3. The van der Waals surface area contributed by atoms with Crippen LogP contribution in [0.4, 0.5) is 10.3 Å². The van der Waals surface area contributed by atoms with Crippen molar-refractivity contribution >= 4 is 91.2 Å². The molecule has 2 aromatic heterocycles. The predicted octanol–water partition coefficient (Wildman–Crippen LogP) is 7.90. The number of nitrogens with zero attached hydrogens (tertiary/aromatic N) is 2. The molecule has 0 bridgehead atoms. The van der Waals surface area contributed by atoms with Gasteiger partial charge in [-0.25, -0.2) is 9.97 Å². The molecule has 2 N–H and O–H groups in total. The Hall–Kier alpha value is -2.20. The first-order chi connectivity index (χ1) is 16.3. The fraction of sp³-hybridized carbons (Fsp3) is 0.0909. The zero-order valence-electron chi connectivity index (χ0n) is 17.1. The minimum atomic E-state index is -0.328. The van der Waals surface area contributed by atoms with E-state index in [4.69, 9.17) is 46.4 Å². The summed E-state index contributed by atoms with van der Waals surface area (Å²) in [6, 6.07) is 10.2. The molecular formula is C22H14Cl4N4O2S2. The normalized spacial score (nSPS) is 10.8. The Kier molecular flexibility index (Phi) is 8.08. The van der Waals surface area contributed by atoms with Crippen molar-refractivity contribution < 1.29 is 9.59 Å². The number of anilines is 2. The number of amides is 2. The summed E-state index contributed by atoms with van der Waals surface area (Å²) in [7, 11) is 0. The van der Waals surface area contributed by atoms with Crippen molar-refractivity contribution in [2.24, 2.45) is 0 Å². The first-order valence-electron chi connectivity index (χ1n) is 9.70. The van der Waals surface area contributed by atoms with E-state index in [9.17, 15) is 9.59 Å². The van der Waals surface area contributed by atoms with E-state index in [1.807, 2.05) is 0 Å². The van der Waals surface area contributed by atoms with E-state index >= 15 is 0 Å². The molecule has 4 aromatic rings. The molecule has 0 aliphatic rings. The number of carbonyl (C=O) groups excluding carboxylic acids is 2. The van der Waals surface area contributed by atoms with Crippen LogP contribution in [0.5, 0.6) is 0 Å². The van der Waals surface area contributed by atoms with Crippen molar-refractivity contribution in [3.63, 3.8) is 0 Å². The fourth-order valence-corrected chi connectivity index (χ4v) is 5.36. The number of thiazole rings is 2. The van der Waals surface area contributed by atoms with Crippen molar-refractivity contribution in [2.45, 2.75) is 12.8 Å². The van der Waals surface area contributed by atoms with Crippen molar-refractivity contribution in [2.75, 3.05) is 10.6 Å². The topological polar surface area (TPSA) is 84.0 Å². The van der Waals surface area contributed by atoms with Crippen LogP contribution in [0, 0.1) is 0 Å². The van der Waals surface area contributed by atoms with Gasteiger partial charge in [-0.15, -0.1) is 22.7 Å². The van der Waals surface area contributed by atoms with Crippen LogP contribution in [0.1, 0.15) is 12.8 Å². The standard InChI is InChI=1S/C22H14Cl4N4O2S2/c23-11-1-3-13(15(25)7-11)17-9-33-21(27-17)29-19(31)5-6-20(32)30-22-28-18(10-34-22)14-4-2-12(24)8-16(14)26/h1-4,7-10H,5-6H2,(H,27,29,31)(H,28,30,32). The molecule has 0 spiro atoms. The van der Waals surface area contributed by atoms with Crippen LogP contribution in [0.2, 0.25) is 20.1 Å². The third-order valence-electron chi connectivity index (χ3n) is 4.49. The van der Waals surface area contributed by atoms with Gasteiger partial charge in [0.1, 0.15) is 0 Å².